The van der Waals surface area contributed by atoms with Crippen LogP contribution in [0.4, 0.5) is 5.69 Å². The molecule has 4 rings (SSSR count). The monoisotopic (exact) mass is 515 g/mol. The van der Waals surface area contributed by atoms with E-state index in [1.165, 1.54) is 0 Å². The van der Waals surface area contributed by atoms with Crippen LogP contribution in [0, 0.1) is 13.8 Å². The standard InChI is InChI=1S/C29H33N5O4/c1-18-16-34(26-15-23(29(38)30-4)10-11-24(18)26)19(2)28(37)32-25-14-21(17-33-13-12-31-20(33)3)8-9-22(25)6-5-7-27(35)36/h8-16,19H,5-7,17H2,1-4H3,(H,30,38)(H,32,37)(H,35,36). The van der Waals surface area contributed by atoms with E-state index in [2.05, 4.69) is 15.6 Å². The third-order valence-electron chi connectivity index (χ3n) is 6.86. The van der Waals surface area contributed by atoms with Crippen LogP contribution in [0.3, 0.4) is 0 Å². The zero-order chi connectivity index (χ0) is 27.4. The number of anilines is 1. The number of nitrogens with zero attached hydrogens (tertiary/aromatic N) is 3. The van der Waals surface area contributed by atoms with E-state index in [1.54, 1.807) is 25.4 Å². The molecule has 0 saturated heterocycles. The Bertz CT molecular complexity index is 1500. The molecule has 2 aromatic heterocycles. The summed E-state index contributed by atoms with van der Waals surface area (Å²) in [4.78, 5) is 41.1. The average molecular weight is 516 g/mol. The van der Waals surface area contributed by atoms with Crippen LogP contribution < -0.4 is 10.6 Å². The summed E-state index contributed by atoms with van der Waals surface area (Å²) in [6, 6.07) is 10.8. The molecule has 1 unspecified atom stereocenters. The molecule has 3 N–H and O–H groups in total. The fourth-order valence-corrected chi connectivity index (χ4v) is 4.65. The average Bonchev–Trinajstić information content (AvgIpc) is 3.45. The Balaban J connectivity index is 1.63. The maximum atomic E-state index is 13.5. The summed E-state index contributed by atoms with van der Waals surface area (Å²) >= 11 is 0. The quantitative estimate of drug-likeness (QED) is 0.288. The van der Waals surface area contributed by atoms with Gasteiger partial charge in [-0.3, -0.25) is 14.4 Å². The lowest BCUT2D eigenvalue weighted by molar-refractivity contribution is -0.137. The summed E-state index contributed by atoms with van der Waals surface area (Å²) in [5.74, 6) is -0.351. The summed E-state index contributed by atoms with van der Waals surface area (Å²) in [7, 11) is 1.59. The number of rotatable bonds is 10. The van der Waals surface area contributed by atoms with Gasteiger partial charge >= 0.3 is 5.97 Å². The Morgan fingerprint density at radius 3 is 2.58 bits per heavy atom. The predicted molar refractivity (Wildman–Crippen MR) is 146 cm³/mol. The number of amides is 2. The number of aryl methyl sites for hydroxylation is 3. The SMILES string of the molecule is CNC(=O)c1ccc2c(C)cn(C(C)C(=O)Nc3cc(Cn4ccnc4C)ccc3CCCC(=O)O)c2c1. The highest BCUT2D eigenvalue weighted by Crippen LogP contribution is 2.28. The largest absolute Gasteiger partial charge is 0.481 e. The summed E-state index contributed by atoms with van der Waals surface area (Å²) in [5.41, 5.74) is 4.88. The van der Waals surface area contributed by atoms with Gasteiger partial charge in [0.15, 0.2) is 0 Å². The van der Waals surface area contributed by atoms with Crippen LogP contribution in [-0.4, -0.2) is 44.1 Å². The van der Waals surface area contributed by atoms with Crippen LogP contribution in [0.15, 0.2) is 55.0 Å². The minimum absolute atomic E-state index is 0.0576. The summed E-state index contributed by atoms with van der Waals surface area (Å²) in [6.07, 6.45) is 6.64. The number of nitrogens with one attached hydrogen (secondary N) is 2. The summed E-state index contributed by atoms with van der Waals surface area (Å²) in [6.45, 7) is 6.33. The highest BCUT2D eigenvalue weighted by atomic mass is 16.4. The number of aromatic nitrogens is 3. The number of benzene rings is 2. The molecule has 2 amide bonds. The molecule has 0 aliphatic heterocycles. The topological polar surface area (TPSA) is 118 Å². The van der Waals surface area contributed by atoms with Crippen LogP contribution in [-0.2, 0) is 22.6 Å². The fraction of sp³-hybridized carbons (Fsp3) is 0.310. The van der Waals surface area contributed by atoms with Gasteiger partial charge in [0.25, 0.3) is 5.91 Å². The van der Waals surface area contributed by atoms with Crippen LogP contribution in [0.2, 0.25) is 0 Å². The van der Waals surface area contributed by atoms with Crippen molar-refractivity contribution in [1.82, 2.24) is 19.4 Å². The van der Waals surface area contributed by atoms with E-state index in [9.17, 15) is 14.4 Å². The number of hydrogen-bond donors (Lipinski definition) is 3. The minimum atomic E-state index is -0.845. The molecule has 2 aromatic carbocycles. The second-order valence-electron chi connectivity index (χ2n) is 9.54. The van der Waals surface area contributed by atoms with Crippen molar-refractivity contribution in [2.75, 3.05) is 12.4 Å². The zero-order valence-electron chi connectivity index (χ0n) is 22.1. The van der Waals surface area contributed by atoms with Gasteiger partial charge in [0.2, 0.25) is 5.91 Å². The van der Waals surface area contributed by atoms with E-state index in [4.69, 9.17) is 5.11 Å². The molecule has 0 spiro atoms. The van der Waals surface area contributed by atoms with Crippen molar-refractivity contribution in [2.24, 2.45) is 0 Å². The lowest BCUT2D eigenvalue weighted by atomic mass is 10.0. The molecule has 0 bridgehead atoms. The molecule has 1 atom stereocenters. The van der Waals surface area contributed by atoms with Gasteiger partial charge in [0.05, 0.1) is 0 Å². The molecular formula is C29H33N5O4. The van der Waals surface area contributed by atoms with Crippen LogP contribution in [0.25, 0.3) is 10.9 Å². The Kier molecular flexibility index (Phi) is 7.95. The number of fused-ring (bicyclic) bond motifs is 1. The third kappa shape index (κ3) is 5.77. The first-order valence-corrected chi connectivity index (χ1v) is 12.6. The minimum Gasteiger partial charge on any atom is -0.481 e. The van der Waals surface area contributed by atoms with E-state index in [0.29, 0.717) is 30.6 Å². The second-order valence-corrected chi connectivity index (χ2v) is 9.54. The van der Waals surface area contributed by atoms with Crippen molar-refractivity contribution >= 4 is 34.4 Å². The van der Waals surface area contributed by atoms with E-state index >= 15 is 0 Å². The first-order chi connectivity index (χ1) is 18.2. The van der Waals surface area contributed by atoms with Gasteiger partial charge in [0.1, 0.15) is 11.9 Å². The van der Waals surface area contributed by atoms with Gasteiger partial charge in [-0.25, -0.2) is 4.98 Å². The number of carboxylic acid groups (broad SMARTS) is 1. The van der Waals surface area contributed by atoms with Gasteiger partial charge in [0, 0.05) is 60.8 Å². The number of imidazole rings is 1. The van der Waals surface area contributed by atoms with E-state index in [1.807, 2.05) is 66.6 Å². The van der Waals surface area contributed by atoms with Gasteiger partial charge in [-0.2, -0.15) is 0 Å². The smallest absolute Gasteiger partial charge is 0.303 e. The maximum absolute atomic E-state index is 13.5. The van der Waals surface area contributed by atoms with Crippen LogP contribution in [0.1, 0.15) is 58.7 Å². The fourth-order valence-electron chi connectivity index (χ4n) is 4.65. The molecule has 0 saturated carbocycles. The molecular weight excluding hydrogens is 482 g/mol. The van der Waals surface area contributed by atoms with Gasteiger partial charge in [-0.15, -0.1) is 0 Å². The first-order valence-electron chi connectivity index (χ1n) is 12.6. The molecule has 9 heteroatoms. The number of carboxylic acids is 1. The third-order valence-corrected chi connectivity index (χ3v) is 6.86. The Labute approximate surface area is 221 Å². The Morgan fingerprint density at radius 1 is 1.11 bits per heavy atom. The van der Waals surface area contributed by atoms with Crippen LogP contribution >= 0.6 is 0 Å². The van der Waals surface area contributed by atoms with Gasteiger partial charge in [-0.05, 0) is 68.5 Å². The molecule has 9 nitrogen and oxygen atoms in total. The van der Waals surface area contributed by atoms with Gasteiger partial charge in [-0.1, -0.05) is 18.2 Å². The predicted octanol–water partition coefficient (Wildman–Crippen LogP) is 4.47. The second kappa shape index (κ2) is 11.3. The lowest BCUT2D eigenvalue weighted by Crippen LogP contribution is -2.24. The Hall–Kier alpha value is -4.40. The number of carbonyl (C=O) groups is 3. The van der Waals surface area contributed by atoms with Crippen molar-refractivity contribution < 1.29 is 19.5 Å². The van der Waals surface area contributed by atoms with Gasteiger partial charge < -0.3 is 24.9 Å². The molecule has 198 valence electrons. The number of aliphatic carboxylic acids is 1. The Morgan fingerprint density at radius 2 is 1.89 bits per heavy atom. The normalized spacial score (nSPS) is 11.9. The lowest BCUT2D eigenvalue weighted by Gasteiger charge is -2.19. The summed E-state index contributed by atoms with van der Waals surface area (Å²) in [5, 5.41) is 15.8. The molecule has 0 aliphatic rings. The number of carbonyl (C=O) groups excluding carboxylic acids is 2. The highest BCUT2D eigenvalue weighted by molar-refractivity contribution is 6.00. The van der Waals surface area contributed by atoms with Crippen LogP contribution in [0.5, 0.6) is 0 Å². The first kappa shape index (κ1) is 26.7. The van der Waals surface area contributed by atoms with E-state index < -0.39 is 12.0 Å². The summed E-state index contributed by atoms with van der Waals surface area (Å²) < 4.78 is 3.90. The van der Waals surface area contributed by atoms with Crippen molar-refractivity contribution in [1.29, 1.82) is 0 Å². The maximum Gasteiger partial charge on any atom is 0.303 e. The molecule has 2 heterocycles. The van der Waals surface area contributed by atoms with Crippen molar-refractivity contribution in [3.05, 3.63) is 83.1 Å². The molecule has 0 radical (unpaired) electrons. The number of hydrogen-bond acceptors (Lipinski definition) is 4. The molecule has 38 heavy (non-hydrogen) atoms. The molecule has 0 aliphatic carbocycles. The van der Waals surface area contributed by atoms with Crippen molar-refractivity contribution in [3.8, 4) is 0 Å². The van der Waals surface area contributed by atoms with Crippen molar-refractivity contribution in [3.63, 3.8) is 0 Å². The van der Waals surface area contributed by atoms with Crippen molar-refractivity contribution in [2.45, 2.75) is 52.6 Å². The molecule has 4 aromatic rings. The molecule has 0 fully saturated rings. The zero-order valence-corrected chi connectivity index (χ0v) is 22.1. The highest BCUT2D eigenvalue weighted by Gasteiger charge is 2.20. The van der Waals surface area contributed by atoms with E-state index in [0.717, 1.165) is 33.4 Å². The van der Waals surface area contributed by atoms with E-state index in [-0.39, 0.29) is 18.2 Å².